The van der Waals surface area contributed by atoms with E-state index < -0.39 is 0 Å². The highest BCUT2D eigenvalue weighted by atomic mass is 16.5. The van der Waals surface area contributed by atoms with E-state index in [0.29, 0.717) is 0 Å². The van der Waals surface area contributed by atoms with Crippen LogP contribution in [0.2, 0.25) is 0 Å². The SMILES string of the molecule is CCCCCCCOCCNCCCc1ncc[nH]1. The Morgan fingerprint density at radius 3 is 2.79 bits per heavy atom. The van der Waals surface area contributed by atoms with Gasteiger partial charge in [0.25, 0.3) is 0 Å². The second-order valence-electron chi connectivity index (χ2n) is 4.92. The zero-order valence-corrected chi connectivity index (χ0v) is 12.3. The summed E-state index contributed by atoms with van der Waals surface area (Å²) in [6, 6.07) is 0. The normalized spacial score (nSPS) is 11.0. The van der Waals surface area contributed by atoms with E-state index >= 15 is 0 Å². The van der Waals surface area contributed by atoms with Gasteiger partial charge in [0.15, 0.2) is 0 Å². The van der Waals surface area contributed by atoms with Crippen LogP contribution in [0, 0.1) is 0 Å². The van der Waals surface area contributed by atoms with Crippen LogP contribution in [0.3, 0.4) is 0 Å². The first kappa shape index (κ1) is 16.2. The minimum absolute atomic E-state index is 0.828. The monoisotopic (exact) mass is 267 g/mol. The third kappa shape index (κ3) is 9.68. The van der Waals surface area contributed by atoms with Crippen LogP contribution in [-0.4, -0.2) is 36.3 Å². The minimum atomic E-state index is 0.828. The second-order valence-corrected chi connectivity index (χ2v) is 4.92. The molecule has 0 spiro atoms. The lowest BCUT2D eigenvalue weighted by atomic mass is 10.2. The Bertz CT molecular complexity index is 275. The Balaban J connectivity index is 1.72. The van der Waals surface area contributed by atoms with Crippen LogP contribution >= 0.6 is 0 Å². The van der Waals surface area contributed by atoms with E-state index in [4.69, 9.17) is 4.74 Å². The van der Waals surface area contributed by atoms with Crippen LogP contribution in [-0.2, 0) is 11.2 Å². The van der Waals surface area contributed by atoms with Gasteiger partial charge in [-0.2, -0.15) is 0 Å². The van der Waals surface area contributed by atoms with Crippen molar-refractivity contribution in [1.29, 1.82) is 0 Å². The lowest BCUT2D eigenvalue weighted by Gasteiger charge is -2.06. The van der Waals surface area contributed by atoms with Crippen LogP contribution in [0.15, 0.2) is 12.4 Å². The molecular weight excluding hydrogens is 238 g/mol. The highest BCUT2D eigenvalue weighted by Gasteiger charge is 1.94. The van der Waals surface area contributed by atoms with E-state index in [0.717, 1.165) is 45.0 Å². The molecule has 2 N–H and O–H groups in total. The summed E-state index contributed by atoms with van der Waals surface area (Å²) >= 11 is 0. The number of nitrogens with one attached hydrogen (secondary N) is 2. The Labute approximate surface area is 117 Å². The number of unbranched alkanes of at least 4 members (excludes halogenated alkanes) is 4. The third-order valence-corrected chi connectivity index (χ3v) is 3.14. The van der Waals surface area contributed by atoms with Crippen molar-refractivity contribution in [2.45, 2.75) is 51.9 Å². The number of H-pyrrole nitrogens is 1. The van der Waals surface area contributed by atoms with Crippen molar-refractivity contribution < 1.29 is 4.74 Å². The molecular formula is C15H29N3O. The van der Waals surface area contributed by atoms with Gasteiger partial charge >= 0.3 is 0 Å². The van der Waals surface area contributed by atoms with Gasteiger partial charge in [-0.15, -0.1) is 0 Å². The van der Waals surface area contributed by atoms with Gasteiger partial charge in [0.2, 0.25) is 0 Å². The Morgan fingerprint density at radius 1 is 1.11 bits per heavy atom. The molecule has 4 heteroatoms. The van der Waals surface area contributed by atoms with Gasteiger partial charge in [-0.3, -0.25) is 0 Å². The summed E-state index contributed by atoms with van der Waals surface area (Å²) in [5.41, 5.74) is 0. The van der Waals surface area contributed by atoms with Gasteiger partial charge < -0.3 is 15.0 Å². The van der Waals surface area contributed by atoms with E-state index in [1.54, 1.807) is 6.20 Å². The van der Waals surface area contributed by atoms with Crippen molar-refractivity contribution >= 4 is 0 Å². The zero-order chi connectivity index (χ0) is 13.6. The molecule has 1 aromatic heterocycles. The summed E-state index contributed by atoms with van der Waals surface area (Å²) < 4.78 is 5.59. The molecule has 0 fully saturated rings. The summed E-state index contributed by atoms with van der Waals surface area (Å²) in [5.74, 6) is 1.07. The average molecular weight is 267 g/mol. The largest absolute Gasteiger partial charge is 0.380 e. The summed E-state index contributed by atoms with van der Waals surface area (Å²) in [5, 5.41) is 3.39. The molecule has 0 unspecified atom stereocenters. The third-order valence-electron chi connectivity index (χ3n) is 3.14. The molecule has 1 rings (SSSR count). The molecule has 0 aliphatic carbocycles. The first-order chi connectivity index (χ1) is 9.43. The molecule has 0 saturated carbocycles. The van der Waals surface area contributed by atoms with Crippen molar-refractivity contribution in [2.24, 2.45) is 0 Å². The van der Waals surface area contributed by atoms with Gasteiger partial charge in [0.1, 0.15) is 5.82 Å². The molecule has 19 heavy (non-hydrogen) atoms. The molecule has 0 aliphatic rings. The number of aromatic amines is 1. The Kier molecular flexibility index (Phi) is 10.4. The lowest BCUT2D eigenvalue weighted by Crippen LogP contribution is -2.21. The summed E-state index contributed by atoms with van der Waals surface area (Å²) in [6.07, 6.45) is 12.3. The van der Waals surface area contributed by atoms with E-state index in [-0.39, 0.29) is 0 Å². The standard InChI is InChI=1S/C15H29N3O/c1-2-3-4-5-6-13-19-14-12-16-9-7-8-15-17-10-11-18-15/h10-11,16H,2-9,12-14H2,1H3,(H,17,18). The van der Waals surface area contributed by atoms with Crippen molar-refractivity contribution in [3.8, 4) is 0 Å². The smallest absolute Gasteiger partial charge is 0.106 e. The molecule has 1 heterocycles. The highest BCUT2D eigenvalue weighted by molar-refractivity contribution is 4.86. The number of imidazole rings is 1. The van der Waals surface area contributed by atoms with Crippen molar-refractivity contribution in [3.63, 3.8) is 0 Å². The van der Waals surface area contributed by atoms with Crippen LogP contribution in [0.4, 0.5) is 0 Å². The number of hydrogen-bond acceptors (Lipinski definition) is 3. The lowest BCUT2D eigenvalue weighted by molar-refractivity contribution is 0.131. The van der Waals surface area contributed by atoms with Gasteiger partial charge in [0, 0.05) is 32.0 Å². The summed E-state index contributed by atoms with van der Waals surface area (Å²) in [7, 11) is 0. The first-order valence-electron chi connectivity index (χ1n) is 7.70. The predicted molar refractivity (Wildman–Crippen MR) is 79.4 cm³/mol. The number of aromatic nitrogens is 2. The topological polar surface area (TPSA) is 49.9 Å². The molecule has 0 bridgehead atoms. The molecule has 0 saturated heterocycles. The van der Waals surface area contributed by atoms with Crippen LogP contribution in [0.5, 0.6) is 0 Å². The quantitative estimate of drug-likeness (QED) is 0.540. The number of ether oxygens (including phenoxy) is 1. The zero-order valence-electron chi connectivity index (χ0n) is 12.3. The Morgan fingerprint density at radius 2 is 2.00 bits per heavy atom. The molecule has 110 valence electrons. The number of nitrogens with zero attached hydrogens (tertiary/aromatic N) is 1. The van der Waals surface area contributed by atoms with E-state index in [2.05, 4.69) is 22.2 Å². The first-order valence-corrected chi connectivity index (χ1v) is 7.70. The molecule has 1 aromatic rings. The van der Waals surface area contributed by atoms with E-state index in [1.807, 2.05) is 6.20 Å². The fourth-order valence-electron chi connectivity index (χ4n) is 1.99. The van der Waals surface area contributed by atoms with Crippen LogP contribution in [0.25, 0.3) is 0 Å². The molecule has 0 amide bonds. The molecule has 4 nitrogen and oxygen atoms in total. The van der Waals surface area contributed by atoms with Crippen molar-refractivity contribution in [3.05, 3.63) is 18.2 Å². The van der Waals surface area contributed by atoms with E-state index in [9.17, 15) is 0 Å². The maximum absolute atomic E-state index is 5.59. The van der Waals surface area contributed by atoms with Crippen LogP contribution < -0.4 is 5.32 Å². The number of aryl methyl sites for hydroxylation is 1. The average Bonchev–Trinajstić information content (AvgIpc) is 2.93. The van der Waals surface area contributed by atoms with Crippen molar-refractivity contribution in [1.82, 2.24) is 15.3 Å². The van der Waals surface area contributed by atoms with Crippen LogP contribution in [0.1, 0.15) is 51.3 Å². The van der Waals surface area contributed by atoms with Gasteiger partial charge in [0.05, 0.1) is 6.61 Å². The summed E-state index contributed by atoms with van der Waals surface area (Å²) in [6.45, 7) is 5.97. The highest BCUT2D eigenvalue weighted by Crippen LogP contribution is 2.02. The second kappa shape index (κ2) is 12.2. The fraction of sp³-hybridized carbons (Fsp3) is 0.800. The fourth-order valence-corrected chi connectivity index (χ4v) is 1.99. The molecule has 0 atom stereocenters. The van der Waals surface area contributed by atoms with Gasteiger partial charge in [-0.1, -0.05) is 32.6 Å². The molecule has 0 aliphatic heterocycles. The van der Waals surface area contributed by atoms with Gasteiger partial charge in [-0.05, 0) is 19.4 Å². The van der Waals surface area contributed by atoms with Crippen molar-refractivity contribution in [2.75, 3.05) is 26.3 Å². The Hall–Kier alpha value is -0.870. The molecule has 0 radical (unpaired) electrons. The summed E-state index contributed by atoms with van der Waals surface area (Å²) in [4.78, 5) is 7.31. The number of hydrogen-bond donors (Lipinski definition) is 2. The minimum Gasteiger partial charge on any atom is -0.380 e. The maximum atomic E-state index is 5.59. The maximum Gasteiger partial charge on any atom is 0.106 e. The van der Waals surface area contributed by atoms with Gasteiger partial charge in [-0.25, -0.2) is 4.98 Å². The number of rotatable bonds is 13. The van der Waals surface area contributed by atoms with E-state index in [1.165, 1.54) is 32.1 Å². The predicted octanol–water partition coefficient (Wildman–Crippen LogP) is 2.92. The molecule has 0 aromatic carbocycles.